The van der Waals surface area contributed by atoms with Crippen molar-refractivity contribution in [3.8, 4) is 5.88 Å². The molecule has 340 valence electrons. The smallest absolute Gasteiger partial charge is 0.411 e. The number of carbonyl (C=O) groups excluding carboxylic acids is 5. The lowest BCUT2D eigenvalue weighted by molar-refractivity contribution is -0.143. The normalized spacial score (nSPS) is 21.6. The molecule has 1 aromatic carbocycles. The molecule has 4 amide bonds. The summed E-state index contributed by atoms with van der Waals surface area (Å²) < 4.78 is 51.6. The van der Waals surface area contributed by atoms with Crippen molar-refractivity contribution in [1.29, 1.82) is 0 Å². The summed E-state index contributed by atoms with van der Waals surface area (Å²) in [7, 11) is -3.17. The molecular formula is C43H59ClN6O11S. The van der Waals surface area contributed by atoms with E-state index in [1.807, 2.05) is 0 Å². The van der Waals surface area contributed by atoms with Crippen molar-refractivity contribution >= 4 is 57.3 Å². The molecule has 2 saturated carbocycles. The molecule has 5 rings (SSSR count). The van der Waals surface area contributed by atoms with Gasteiger partial charge in [0.15, 0.2) is 0 Å². The number of methoxy groups -OCH3 is 1. The molecule has 19 heteroatoms. The highest BCUT2D eigenvalue weighted by Gasteiger charge is 2.61. The lowest BCUT2D eigenvalue weighted by Gasteiger charge is -2.29. The van der Waals surface area contributed by atoms with E-state index in [0.29, 0.717) is 36.5 Å². The molecule has 3 fully saturated rings. The molecule has 1 aromatic heterocycles. The lowest BCUT2D eigenvalue weighted by atomic mass is 10.1. The summed E-state index contributed by atoms with van der Waals surface area (Å²) in [6.45, 7) is 9.29. The van der Waals surface area contributed by atoms with Crippen LogP contribution in [0, 0.1) is 5.92 Å². The van der Waals surface area contributed by atoms with Crippen molar-refractivity contribution in [3.63, 3.8) is 0 Å². The van der Waals surface area contributed by atoms with E-state index in [2.05, 4.69) is 32.2 Å². The van der Waals surface area contributed by atoms with Gasteiger partial charge in [-0.1, -0.05) is 55.5 Å². The van der Waals surface area contributed by atoms with Gasteiger partial charge in [-0.05, 0) is 83.9 Å². The Bertz CT molecular complexity index is 2030. The summed E-state index contributed by atoms with van der Waals surface area (Å²) in [6.07, 6.45) is 8.76. The number of alkyl carbamates (subject to hydrolysis) is 1. The summed E-state index contributed by atoms with van der Waals surface area (Å²) in [6, 6.07) is 7.43. The molecule has 2 aromatic rings. The van der Waals surface area contributed by atoms with Gasteiger partial charge in [0.05, 0.1) is 24.4 Å². The number of halogens is 1. The van der Waals surface area contributed by atoms with E-state index < -0.39 is 75.2 Å². The number of anilines is 1. The van der Waals surface area contributed by atoms with Crippen molar-refractivity contribution < 1.29 is 51.3 Å². The van der Waals surface area contributed by atoms with Gasteiger partial charge in [-0.2, -0.15) is 0 Å². The van der Waals surface area contributed by atoms with Gasteiger partial charge < -0.3 is 34.9 Å². The van der Waals surface area contributed by atoms with Crippen molar-refractivity contribution in [2.75, 3.05) is 25.5 Å². The third kappa shape index (κ3) is 13.2. The van der Waals surface area contributed by atoms with Crippen LogP contribution in [0.3, 0.4) is 0 Å². The minimum absolute atomic E-state index is 0.0195. The number of esters is 1. The standard InChI is InChI=1S/C43H59ClN6O11S/c1-6-28-25-43(28,48-37(51)34-24-31(59-36-22-21-29(44)26-46-36)27-50(34)41(55)61-42(2,3)4)39(53)49-62(56,57)35-20-14-13-18-32(35)45-23-15-9-7-8-10-19-33(38(52)58-5)47-40(54)60-30-16-11-12-17-30/h6,13-14,18,20-22,26,28,30-31,33-34,45H,1,7-12,15-17,19,23-25,27H2,2-5H3,(H,47,54)(H,48,51)(H,49,53)/t28-,31?,33+,34+,43-/m1/s1. The number of pyridine rings is 1. The topological polar surface area (TPSA) is 221 Å². The van der Waals surface area contributed by atoms with Crippen LogP contribution in [-0.4, -0.2) is 104 Å². The first-order valence-electron chi connectivity index (χ1n) is 21.1. The quantitative estimate of drug-likeness (QED) is 0.0518. The minimum Gasteiger partial charge on any atom is -0.472 e. The number of hydrogen-bond acceptors (Lipinski definition) is 13. The fraction of sp³-hybridized carbons (Fsp3) is 0.581. The Kier molecular flexibility index (Phi) is 16.5. The van der Waals surface area contributed by atoms with Crippen LogP contribution in [-0.2, 0) is 38.6 Å². The second kappa shape index (κ2) is 21.3. The molecule has 3 aliphatic rings. The first kappa shape index (κ1) is 47.9. The SMILES string of the molecule is C=C[C@@H]1C[C@]1(NC(=O)[C@@H]1CC(Oc2ccc(Cl)cn2)CN1C(=O)OC(C)(C)C)C(=O)NS(=O)(=O)c1ccccc1NCCCCCCC[C@H](NC(=O)OC1CCCC1)C(=O)OC. The number of carbonyl (C=O) groups is 5. The number of nitrogens with zero attached hydrogens (tertiary/aromatic N) is 2. The Labute approximate surface area is 368 Å². The first-order chi connectivity index (χ1) is 29.4. The van der Waals surface area contributed by atoms with E-state index in [1.54, 1.807) is 51.1 Å². The van der Waals surface area contributed by atoms with E-state index in [1.165, 1.54) is 30.3 Å². The van der Waals surface area contributed by atoms with Gasteiger partial charge in [-0.25, -0.2) is 32.5 Å². The highest BCUT2D eigenvalue weighted by atomic mass is 35.5. The second-order valence-corrected chi connectivity index (χ2v) is 19.0. The Hall–Kier alpha value is -5.10. The molecule has 1 aliphatic heterocycles. The Balaban J connectivity index is 1.14. The van der Waals surface area contributed by atoms with Crippen LogP contribution in [0.15, 0.2) is 60.1 Å². The van der Waals surface area contributed by atoms with Crippen molar-refractivity contribution in [2.24, 2.45) is 5.92 Å². The summed E-state index contributed by atoms with van der Waals surface area (Å²) in [5.74, 6) is -2.51. The molecule has 0 spiro atoms. The van der Waals surface area contributed by atoms with E-state index >= 15 is 0 Å². The van der Waals surface area contributed by atoms with Gasteiger partial charge in [-0.15, -0.1) is 6.58 Å². The van der Waals surface area contributed by atoms with Crippen LogP contribution >= 0.6 is 11.6 Å². The number of nitrogens with one attached hydrogen (secondary N) is 4. The number of amides is 4. The van der Waals surface area contributed by atoms with Crippen LogP contribution in [0.25, 0.3) is 0 Å². The monoisotopic (exact) mass is 902 g/mol. The second-order valence-electron chi connectivity index (χ2n) is 16.9. The zero-order chi connectivity index (χ0) is 45.1. The maximum atomic E-state index is 14.0. The van der Waals surface area contributed by atoms with Crippen LogP contribution < -0.4 is 25.4 Å². The fourth-order valence-electron chi connectivity index (χ4n) is 7.66. The predicted molar refractivity (Wildman–Crippen MR) is 230 cm³/mol. The average molecular weight is 903 g/mol. The van der Waals surface area contributed by atoms with Gasteiger partial charge in [0, 0.05) is 31.1 Å². The zero-order valence-electron chi connectivity index (χ0n) is 35.8. The number of benzene rings is 1. The molecule has 5 atom stereocenters. The van der Waals surface area contributed by atoms with E-state index in [-0.39, 0.29) is 36.3 Å². The average Bonchev–Trinajstić information content (AvgIpc) is 3.46. The van der Waals surface area contributed by atoms with Crippen molar-refractivity contribution in [2.45, 2.75) is 138 Å². The largest absolute Gasteiger partial charge is 0.472 e. The zero-order valence-corrected chi connectivity index (χ0v) is 37.4. The highest BCUT2D eigenvalue weighted by Crippen LogP contribution is 2.45. The Morgan fingerprint density at radius 2 is 1.73 bits per heavy atom. The highest BCUT2D eigenvalue weighted by molar-refractivity contribution is 7.90. The van der Waals surface area contributed by atoms with Gasteiger partial charge >= 0.3 is 18.2 Å². The maximum Gasteiger partial charge on any atom is 0.411 e. The number of ether oxygens (including phenoxy) is 4. The number of sulfonamides is 1. The summed E-state index contributed by atoms with van der Waals surface area (Å²) in [4.78, 5) is 71.1. The fourth-order valence-corrected chi connectivity index (χ4v) is 9.00. The van der Waals surface area contributed by atoms with Crippen molar-refractivity contribution in [1.82, 2.24) is 25.2 Å². The van der Waals surface area contributed by atoms with Crippen LogP contribution in [0.1, 0.15) is 97.8 Å². The molecule has 17 nitrogen and oxygen atoms in total. The van der Waals surface area contributed by atoms with Gasteiger partial charge in [0.25, 0.3) is 15.9 Å². The van der Waals surface area contributed by atoms with Crippen LogP contribution in [0.5, 0.6) is 5.88 Å². The molecule has 2 heterocycles. The maximum absolute atomic E-state index is 14.0. The number of rotatable bonds is 20. The third-order valence-corrected chi connectivity index (χ3v) is 12.6. The molecule has 4 N–H and O–H groups in total. The van der Waals surface area contributed by atoms with E-state index in [4.69, 9.17) is 30.5 Å². The van der Waals surface area contributed by atoms with Crippen LogP contribution in [0.2, 0.25) is 5.02 Å². The van der Waals surface area contributed by atoms with E-state index in [0.717, 1.165) is 44.9 Å². The number of aromatic nitrogens is 1. The minimum atomic E-state index is -4.44. The Morgan fingerprint density at radius 1 is 1.02 bits per heavy atom. The lowest BCUT2D eigenvalue weighted by Crippen LogP contribution is -2.56. The summed E-state index contributed by atoms with van der Waals surface area (Å²) >= 11 is 5.96. The molecule has 2 aliphatic carbocycles. The number of para-hydroxylation sites is 1. The Morgan fingerprint density at radius 3 is 2.39 bits per heavy atom. The molecular weight excluding hydrogens is 844 g/mol. The molecule has 62 heavy (non-hydrogen) atoms. The molecule has 1 unspecified atom stereocenters. The molecule has 1 saturated heterocycles. The van der Waals surface area contributed by atoms with Gasteiger partial charge in [-0.3, -0.25) is 14.5 Å². The predicted octanol–water partition coefficient (Wildman–Crippen LogP) is 6.02. The number of hydrogen-bond donors (Lipinski definition) is 4. The molecule has 0 bridgehead atoms. The molecule has 0 radical (unpaired) electrons. The third-order valence-electron chi connectivity index (χ3n) is 11.0. The van der Waals surface area contributed by atoms with E-state index in [9.17, 15) is 32.4 Å². The van der Waals surface area contributed by atoms with Gasteiger partial charge in [0.1, 0.15) is 40.3 Å². The first-order valence-corrected chi connectivity index (χ1v) is 23.0. The van der Waals surface area contributed by atoms with Gasteiger partial charge in [0.2, 0.25) is 11.8 Å². The number of likely N-dealkylation sites (tertiary alicyclic amines) is 1. The summed E-state index contributed by atoms with van der Waals surface area (Å²) in [5.41, 5.74) is -2.22. The summed E-state index contributed by atoms with van der Waals surface area (Å²) in [5, 5.41) is 8.96. The van der Waals surface area contributed by atoms with Crippen LogP contribution in [0.4, 0.5) is 15.3 Å². The number of unbranched alkanes of at least 4 members (excludes halogenated alkanes) is 4. The van der Waals surface area contributed by atoms with Crippen molar-refractivity contribution in [3.05, 3.63) is 60.3 Å².